The standard InChI is InChI=1S/C31H34N4O7S/c1-6-42-30(37)27-19(3)32-31-34(28(27)23-9-8-22(40-4)17-25(23)41-5)29(36)26(43-31)16-20-15-21(35(38)39)7-10-24(20)33-13-11-18(2)12-14-33/h7-10,15-18,28H,6,11-14H2,1-5H3/b26-16+/t28-/m1/s1. The van der Waals surface area contributed by atoms with Gasteiger partial charge in [0.05, 0.1) is 41.6 Å². The van der Waals surface area contributed by atoms with Gasteiger partial charge in [0.25, 0.3) is 11.2 Å². The van der Waals surface area contributed by atoms with E-state index < -0.39 is 16.9 Å². The maximum atomic E-state index is 14.2. The number of carbonyl (C=O) groups excluding carboxylic acids is 1. The molecule has 0 spiro atoms. The Bertz CT molecular complexity index is 1780. The van der Waals surface area contributed by atoms with Crippen LogP contribution in [0.4, 0.5) is 11.4 Å². The van der Waals surface area contributed by atoms with Crippen LogP contribution in [0.25, 0.3) is 6.08 Å². The summed E-state index contributed by atoms with van der Waals surface area (Å²) >= 11 is 1.17. The number of esters is 1. The summed E-state index contributed by atoms with van der Waals surface area (Å²) in [6, 6.07) is 9.06. The van der Waals surface area contributed by atoms with Gasteiger partial charge in [0.15, 0.2) is 4.80 Å². The van der Waals surface area contributed by atoms with E-state index in [0.29, 0.717) is 43.6 Å². The first-order chi connectivity index (χ1) is 20.7. The van der Waals surface area contributed by atoms with E-state index in [0.717, 1.165) is 31.6 Å². The molecule has 0 radical (unpaired) electrons. The van der Waals surface area contributed by atoms with Crippen LogP contribution in [0.15, 0.2) is 57.5 Å². The van der Waals surface area contributed by atoms with E-state index >= 15 is 0 Å². The Morgan fingerprint density at radius 1 is 1.16 bits per heavy atom. The molecule has 0 amide bonds. The van der Waals surface area contributed by atoms with Crippen molar-refractivity contribution in [1.82, 2.24) is 4.57 Å². The molecular formula is C31H34N4O7S. The lowest BCUT2D eigenvalue weighted by atomic mass is 9.95. The van der Waals surface area contributed by atoms with Gasteiger partial charge in [-0.1, -0.05) is 18.3 Å². The van der Waals surface area contributed by atoms with Crippen LogP contribution in [0.2, 0.25) is 0 Å². The highest BCUT2D eigenvalue weighted by atomic mass is 32.1. The molecule has 12 heteroatoms. The third kappa shape index (κ3) is 5.79. The second-order valence-electron chi connectivity index (χ2n) is 10.6. The fourth-order valence-electron chi connectivity index (χ4n) is 5.58. The molecule has 2 aliphatic heterocycles. The Kier molecular flexibility index (Phi) is 8.67. The van der Waals surface area contributed by atoms with Crippen LogP contribution in [-0.2, 0) is 9.53 Å². The van der Waals surface area contributed by atoms with Crippen molar-refractivity contribution in [3.05, 3.63) is 88.6 Å². The first kappa shape index (κ1) is 30.0. The molecule has 3 aromatic rings. The molecule has 1 atom stereocenters. The number of carbonyl (C=O) groups is 1. The van der Waals surface area contributed by atoms with Crippen molar-refractivity contribution >= 4 is 34.8 Å². The normalized spacial score (nSPS) is 17.4. The zero-order valence-electron chi connectivity index (χ0n) is 24.8. The summed E-state index contributed by atoms with van der Waals surface area (Å²) in [5, 5.41) is 11.7. The van der Waals surface area contributed by atoms with Crippen LogP contribution in [-0.4, -0.2) is 49.4 Å². The minimum Gasteiger partial charge on any atom is -0.497 e. The number of benzene rings is 2. The fourth-order valence-corrected chi connectivity index (χ4v) is 6.62. The Labute approximate surface area is 252 Å². The number of aromatic nitrogens is 1. The van der Waals surface area contributed by atoms with Crippen molar-refractivity contribution in [3.8, 4) is 11.5 Å². The number of nitro benzene ring substituents is 1. The molecule has 2 aromatic carbocycles. The number of fused-ring (bicyclic) bond motifs is 1. The van der Waals surface area contributed by atoms with Gasteiger partial charge < -0.3 is 19.1 Å². The van der Waals surface area contributed by atoms with Crippen molar-refractivity contribution in [2.45, 2.75) is 39.7 Å². The van der Waals surface area contributed by atoms with E-state index in [1.54, 1.807) is 44.2 Å². The van der Waals surface area contributed by atoms with E-state index in [4.69, 9.17) is 14.2 Å². The molecule has 0 N–H and O–H groups in total. The molecule has 0 bridgehead atoms. The second kappa shape index (κ2) is 12.4. The molecule has 226 valence electrons. The number of rotatable bonds is 8. The van der Waals surface area contributed by atoms with E-state index in [-0.39, 0.29) is 23.4 Å². The van der Waals surface area contributed by atoms with Crippen LogP contribution in [0.1, 0.15) is 50.8 Å². The highest BCUT2D eigenvalue weighted by molar-refractivity contribution is 7.07. The highest BCUT2D eigenvalue weighted by Crippen LogP contribution is 2.38. The average Bonchev–Trinajstić information content (AvgIpc) is 3.30. The summed E-state index contributed by atoms with van der Waals surface area (Å²) in [5.74, 6) is 1.00. The number of non-ortho nitro benzene ring substituents is 1. The molecule has 0 aliphatic carbocycles. The Morgan fingerprint density at radius 3 is 2.56 bits per heavy atom. The Hall–Kier alpha value is -4.45. The monoisotopic (exact) mass is 606 g/mol. The Balaban J connectivity index is 1.73. The van der Waals surface area contributed by atoms with E-state index in [1.165, 1.54) is 42.3 Å². The number of nitro groups is 1. The third-order valence-electron chi connectivity index (χ3n) is 7.89. The molecule has 2 aliphatic rings. The van der Waals surface area contributed by atoms with E-state index in [9.17, 15) is 19.7 Å². The van der Waals surface area contributed by atoms with Crippen LogP contribution in [0.3, 0.4) is 0 Å². The summed E-state index contributed by atoms with van der Waals surface area (Å²) in [4.78, 5) is 46.0. The summed E-state index contributed by atoms with van der Waals surface area (Å²) in [6.07, 6.45) is 3.71. The lowest BCUT2D eigenvalue weighted by Gasteiger charge is -2.33. The van der Waals surface area contributed by atoms with Gasteiger partial charge in [-0.2, -0.15) is 0 Å². The minimum atomic E-state index is -0.883. The van der Waals surface area contributed by atoms with Gasteiger partial charge in [-0.05, 0) is 56.9 Å². The molecular weight excluding hydrogens is 572 g/mol. The molecule has 11 nitrogen and oxygen atoms in total. The predicted octanol–water partition coefficient (Wildman–Crippen LogP) is 3.96. The van der Waals surface area contributed by atoms with Crippen molar-refractivity contribution in [1.29, 1.82) is 0 Å². The van der Waals surface area contributed by atoms with Gasteiger partial charge in [-0.3, -0.25) is 19.5 Å². The van der Waals surface area contributed by atoms with Gasteiger partial charge in [-0.25, -0.2) is 9.79 Å². The fraction of sp³-hybridized carbons (Fsp3) is 0.387. The number of hydrogen-bond donors (Lipinski definition) is 0. The average molecular weight is 607 g/mol. The number of ether oxygens (including phenoxy) is 3. The van der Waals surface area contributed by atoms with Crippen molar-refractivity contribution in [3.63, 3.8) is 0 Å². The summed E-state index contributed by atoms with van der Waals surface area (Å²) in [6.45, 7) is 7.43. The number of thiazole rings is 1. The maximum Gasteiger partial charge on any atom is 0.338 e. The Morgan fingerprint density at radius 2 is 1.91 bits per heavy atom. The number of allylic oxidation sites excluding steroid dienone is 1. The lowest BCUT2D eigenvalue weighted by molar-refractivity contribution is -0.384. The van der Waals surface area contributed by atoms with Crippen molar-refractivity contribution in [2.24, 2.45) is 10.9 Å². The molecule has 43 heavy (non-hydrogen) atoms. The SMILES string of the molecule is CCOC(=O)C1=C(C)N=c2s/c(=C/c3cc([N+](=O)[O-])ccc3N3CCC(C)CC3)c(=O)n2[C@@H]1c1ccc(OC)cc1OC. The number of piperidine rings is 1. The van der Waals surface area contributed by atoms with Gasteiger partial charge in [0, 0.05) is 48.1 Å². The first-order valence-corrected chi connectivity index (χ1v) is 14.9. The maximum absolute atomic E-state index is 14.2. The molecule has 1 fully saturated rings. The number of methoxy groups -OCH3 is 2. The molecule has 0 unspecified atom stereocenters. The quantitative estimate of drug-likeness (QED) is 0.214. The molecule has 1 aromatic heterocycles. The number of nitrogens with zero attached hydrogens (tertiary/aromatic N) is 4. The third-order valence-corrected chi connectivity index (χ3v) is 8.87. The van der Waals surface area contributed by atoms with Gasteiger partial charge in [-0.15, -0.1) is 0 Å². The van der Waals surface area contributed by atoms with Crippen molar-refractivity contribution in [2.75, 3.05) is 38.8 Å². The lowest BCUT2D eigenvalue weighted by Crippen LogP contribution is -2.40. The summed E-state index contributed by atoms with van der Waals surface area (Å²) in [5.41, 5.74) is 2.18. The molecule has 5 rings (SSSR count). The molecule has 1 saturated heterocycles. The number of hydrogen-bond acceptors (Lipinski definition) is 10. The van der Waals surface area contributed by atoms with Crippen LogP contribution < -0.4 is 29.3 Å². The smallest absolute Gasteiger partial charge is 0.338 e. The van der Waals surface area contributed by atoms with Gasteiger partial charge in [0.2, 0.25) is 0 Å². The highest BCUT2D eigenvalue weighted by Gasteiger charge is 2.35. The topological polar surface area (TPSA) is 126 Å². The van der Waals surface area contributed by atoms with Crippen LogP contribution in [0, 0.1) is 16.0 Å². The molecule has 0 saturated carbocycles. The molecule has 3 heterocycles. The predicted molar refractivity (Wildman–Crippen MR) is 164 cm³/mol. The zero-order valence-corrected chi connectivity index (χ0v) is 25.6. The van der Waals surface area contributed by atoms with E-state index in [1.807, 2.05) is 0 Å². The summed E-state index contributed by atoms with van der Waals surface area (Å²) in [7, 11) is 3.05. The van der Waals surface area contributed by atoms with Gasteiger partial charge in [0.1, 0.15) is 17.5 Å². The van der Waals surface area contributed by atoms with Crippen LogP contribution in [0.5, 0.6) is 11.5 Å². The van der Waals surface area contributed by atoms with Crippen molar-refractivity contribution < 1.29 is 23.9 Å². The summed E-state index contributed by atoms with van der Waals surface area (Å²) < 4.78 is 18.2. The first-order valence-electron chi connectivity index (χ1n) is 14.1. The number of anilines is 1. The second-order valence-corrected chi connectivity index (χ2v) is 11.6. The minimum absolute atomic E-state index is 0.0607. The van der Waals surface area contributed by atoms with Gasteiger partial charge >= 0.3 is 5.97 Å². The van der Waals surface area contributed by atoms with Crippen LogP contribution >= 0.6 is 11.3 Å². The van der Waals surface area contributed by atoms with E-state index in [2.05, 4.69) is 16.8 Å². The largest absolute Gasteiger partial charge is 0.497 e. The zero-order chi connectivity index (χ0) is 30.8.